The Kier molecular flexibility index (Phi) is 5.59. The van der Waals surface area contributed by atoms with Crippen LogP contribution in [0.3, 0.4) is 0 Å². The zero-order chi connectivity index (χ0) is 22.1. The lowest BCUT2D eigenvalue weighted by Crippen LogP contribution is -2.48. The first-order valence-corrected chi connectivity index (χ1v) is 10.7. The highest BCUT2D eigenvalue weighted by Crippen LogP contribution is 2.37. The summed E-state index contributed by atoms with van der Waals surface area (Å²) in [6, 6.07) is 10.4. The Bertz CT molecular complexity index is 1040. The van der Waals surface area contributed by atoms with Crippen molar-refractivity contribution in [2.75, 3.05) is 56.4 Å². The van der Waals surface area contributed by atoms with Crippen LogP contribution in [0.5, 0.6) is 17.2 Å². The minimum absolute atomic E-state index is 0.0668. The second kappa shape index (κ2) is 8.68. The number of anilines is 2. The Morgan fingerprint density at radius 3 is 2.69 bits per heavy atom. The molecular weight excluding hydrogens is 414 g/mol. The fourth-order valence-electron chi connectivity index (χ4n) is 4.03. The fraction of sp³-hybridized carbons (Fsp3) is 0.391. The van der Waals surface area contributed by atoms with Crippen molar-refractivity contribution >= 4 is 23.2 Å². The van der Waals surface area contributed by atoms with Crippen LogP contribution in [0.4, 0.5) is 11.4 Å². The van der Waals surface area contributed by atoms with Crippen LogP contribution in [0.25, 0.3) is 0 Å². The topological polar surface area (TPSA) is 89.6 Å². The Balaban J connectivity index is 1.31. The summed E-state index contributed by atoms with van der Waals surface area (Å²) >= 11 is 0. The number of hydrogen-bond acceptors (Lipinski definition) is 7. The van der Waals surface area contributed by atoms with Gasteiger partial charge in [-0.25, -0.2) is 0 Å². The number of nitrogens with zero attached hydrogens (tertiary/aromatic N) is 2. The van der Waals surface area contributed by atoms with Gasteiger partial charge in [0.05, 0.1) is 18.9 Å². The number of nitrogens with one attached hydrogen (secondary N) is 1. The van der Waals surface area contributed by atoms with E-state index in [2.05, 4.69) is 10.2 Å². The van der Waals surface area contributed by atoms with E-state index in [0.29, 0.717) is 40.7 Å². The molecule has 9 heteroatoms. The van der Waals surface area contributed by atoms with Gasteiger partial charge in [0.25, 0.3) is 11.8 Å². The van der Waals surface area contributed by atoms with Crippen molar-refractivity contribution in [2.45, 2.75) is 13.0 Å². The van der Waals surface area contributed by atoms with E-state index in [-0.39, 0.29) is 18.6 Å². The van der Waals surface area contributed by atoms with Crippen molar-refractivity contribution in [3.05, 3.63) is 42.0 Å². The Hall–Kier alpha value is -3.30. The molecule has 1 unspecified atom stereocenters. The molecule has 0 saturated carbocycles. The van der Waals surface area contributed by atoms with Gasteiger partial charge in [0.1, 0.15) is 5.75 Å². The molecule has 2 amide bonds. The first-order valence-electron chi connectivity index (χ1n) is 10.7. The Morgan fingerprint density at radius 2 is 1.84 bits per heavy atom. The predicted molar refractivity (Wildman–Crippen MR) is 117 cm³/mol. The summed E-state index contributed by atoms with van der Waals surface area (Å²) < 4.78 is 21.9. The highest BCUT2D eigenvalue weighted by Gasteiger charge is 2.32. The van der Waals surface area contributed by atoms with Crippen LogP contribution in [0.1, 0.15) is 17.3 Å². The van der Waals surface area contributed by atoms with E-state index in [1.807, 2.05) is 6.07 Å². The van der Waals surface area contributed by atoms with Crippen LogP contribution in [0.2, 0.25) is 0 Å². The van der Waals surface area contributed by atoms with Crippen molar-refractivity contribution in [3.63, 3.8) is 0 Å². The molecule has 9 nitrogen and oxygen atoms in total. The molecule has 3 aliphatic heterocycles. The van der Waals surface area contributed by atoms with Crippen LogP contribution in [0.15, 0.2) is 36.4 Å². The molecule has 2 aromatic carbocycles. The normalized spacial score (nSPS) is 20.0. The second-order valence-electron chi connectivity index (χ2n) is 7.91. The van der Waals surface area contributed by atoms with E-state index >= 15 is 0 Å². The van der Waals surface area contributed by atoms with E-state index in [4.69, 9.17) is 18.9 Å². The van der Waals surface area contributed by atoms with E-state index in [0.717, 1.165) is 32.8 Å². The Labute approximate surface area is 185 Å². The van der Waals surface area contributed by atoms with Crippen LogP contribution in [0, 0.1) is 0 Å². The van der Waals surface area contributed by atoms with Crippen molar-refractivity contribution in [1.29, 1.82) is 0 Å². The van der Waals surface area contributed by atoms with Gasteiger partial charge in [-0.1, -0.05) is 0 Å². The second-order valence-corrected chi connectivity index (χ2v) is 7.91. The lowest BCUT2D eigenvalue weighted by Gasteiger charge is -2.35. The lowest BCUT2D eigenvalue weighted by molar-refractivity contribution is -0.125. The van der Waals surface area contributed by atoms with E-state index in [1.165, 1.54) is 0 Å². The summed E-state index contributed by atoms with van der Waals surface area (Å²) in [7, 11) is 0. The molecule has 0 aromatic heterocycles. The smallest absolute Gasteiger partial charge is 0.267 e. The molecule has 1 atom stereocenters. The molecule has 0 spiro atoms. The van der Waals surface area contributed by atoms with Gasteiger partial charge in [0.15, 0.2) is 17.6 Å². The molecule has 3 aliphatic rings. The summed E-state index contributed by atoms with van der Waals surface area (Å²) in [6.07, 6.45) is -0.591. The van der Waals surface area contributed by atoms with Crippen LogP contribution < -0.4 is 24.4 Å². The van der Waals surface area contributed by atoms with Gasteiger partial charge in [0, 0.05) is 43.5 Å². The number of hydrogen-bond donors (Lipinski definition) is 1. The monoisotopic (exact) mass is 439 g/mol. The third-order valence-electron chi connectivity index (χ3n) is 5.80. The lowest BCUT2D eigenvalue weighted by atomic mass is 10.1. The SMILES string of the molecule is CC1Oc2cc(NC(=O)c3ccc4c(c3)OCO4)ccc2N(CCN2CCOCC2)C1=O. The third-order valence-corrected chi connectivity index (χ3v) is 5.80. The first kappa shape index (κ1) is 20.6. The van der Waals surface area contributed by atoms with Crippen molar-refractivity contribution in [2.24, 2.45) is 0 Å². The van der Waals surface area contributed by atoms with Gasteiger partial charge in [-0.05, 0) is 37.3 Å². The number of benzene rings is 2. The van der Waals surface area contributed by atoms with Crippen LogP contribution in [-0.4, -0.2) is 69.0 Å². The zero-order valence-corrected chi connectivity index (χ0v) is 17.8. The quantitative estimate of drug-likeness (QED) is 0.763. The average Bonchev–Trinajstić information content (AvgIpc) is 3.28. The van der Waals surface area contributed by atoms with Crippen molar-refractivity contribution in [1.82, 2.24) is 4.90 Å². The highest BCUT2D eigenvalue weighted by molar-refractivity contribution is 6.05. The van der Waals surface area contributed by atoms with E-state index in [9.17, 15) is 9.59 Å². The van der Waals surface area contributed by atoms with Crippen LogP contribution in [-0.2, 0) is 9.53 Å². The molecule has 2 aromatic rings. The van der Waals surface area contributed by atoms with Gasteiger partial charge >= 0.3 is 0 Å². The average molecular weight is 439 g/mol. The number of carbonyl (C=O) groups is 2. The van der Waals surface area contributed by atoms with E-state index < -0.39 is 6.10 Å². The fourth-order valence-corrected chi connectivity index (χ4v) is 4.03. The number of fused-ring (bicyclic) bond motifs is 2. The molecule has 0 radical (unpaired) electrons. The molecule has 1 saturated heterocycles. The van der Waals surface area contributed by atoms with Gasteiger partial charge < -0.3 is 29.2 Å². The summed E-state index contributed by atoms with van der Waals surface area (Å²) in [5, 5.41) is 2.88. The molecular formula is C23H25N3O6. The number of rotatable bonds is 5. The number of morpholine rings is 1. The molecule has 1 fully saturated rings. The maximum Gasteiger partial charge on any atom is 0.267 e. The molecule has 1 N–H and O–H groups in total. The summed E-state index contributed by atoms with van der Waals surface area (Å²) in [4.78, 5) is 29.5. The largest absolute Gasteiger partial charge is 0.479 e. The van der Waals surface area contributed by atoms with Gasteiger partial charge in [-0.15, -0.1) is 0 Å². The maximum atomic E-state index is 12.8. The number of amides is 2. The maximum absolute atomic E-state index is 12.8. The molecule has 5 rings (SSSR count). The van der Waals surface area contributed by atoms with E-state index in [1.54, 1.807) is 42.2 Å². The number of ether oxygens (including phenoxy) is 4. The minimum Gasteiger partial charge on any atom is -0.479 e. The molecule has 0 bridgehead atoms. The predicted octanol–water partition coefficient (Wildman–Crippen LogP) is 2.11. The first-order chi connectivity index (χ1) is 15.6. The van der Waals surface area contributed by atoms with Gasteiger partial charge in [-0.2, -0.15) is 0 Å². The van der Waals surface area contributed by atoms with Crippen LogP contribution >= 0.6 is 0 Å². The highest BCUT2D eigenvalue weighted by atomic mass is 16.7. The van der Waals surface area contributed by atoms with Gasteiger partial charge in [0.2, 0.25) is 6.79 Å². The minimum atomic E-state index is -0.591. The summed E-state index contributed by atoms with van der Waals surface area (Å²) in [5.74, 6) is 1.41. The summed E-state index contributed by atoms with van der Waals surface area (Å²) in [5.41, 5.74) is 1.76. The zero-order valence-electron chi connectivity index (χ0n) is 17.8. The van der Waals surface area contributed by atoms with Crippen molar-refractivity contribution < 1.29 is 28.5 Å². The molecule has 0 aliphatic carbocycles. The Morgan fingerprint density at radius 1 is 1.03 bits per heavy atom. The third kappa shape index (κ3) is 4.09. The molecule has 3 heterocycles. The molecule has 168 valence electrons. The molecule has 32 heavy (non-hydrogen) atoms. The number of carbonyl (C=O) groups excluding carboxylic acids is 2. The van der Waals surface area contributed by atoms with Gasteiger partial charge in [-0.3, -0.25) is 14.5 Å². The standard InChI is InChI=1S/C23H25N3O6/c1-15-23(28)26(7-6-25-8-10-29-11-9-25)18-4-3-17(13-20(18)32-15)24-22(27)16-2-5-19-21(12-16)31-14-30-19/h2-5,12-13,15H,6-11,14H2,1H3,(H,24,27). The summed E-state index contributed by atoms with van der Waals surface area (Å²) in [6.45, 7) is 6.41. The van der Waals surface area contributed by atoms with Crippen molar-refractivity contribution in [3.8, 4) is 17.2 Å².